The van der Waals surface area contributed by atoms with E-state index in [1.807, 2.05) is 6.92 Å². The van der Waals surface area contributed by atoms with Crippen molar-refractivity contribution in [2.75, 3.05) is 0 Å². The van der Waals surface area contributed by atoms with Crippen LogP contribution in [0.2, 0.25) is 0 Å². The van der Waals surface area contributed by atoms with Gasteiger partial charge in [0.15, 0.2) is 0 Å². The van der Waals surface area contributed by atoms with Gasteiger partial charge in [0.1, 0.15) is 6.10 Å². The van der Waals surface area contributed by atoms with Crippen LogP contribution < -0.4 is 0 Å². The van der Waals surface area contributed by atoms with Gasteiger partial charge < -0.3 is 20.1 Å². The predicted molar refractivity (Wildman–Crippen MR) is 112 cm³/mol. The molecule has 0 aromatic heterocycles. The molecule has 3 N–H and O–H groups in total. The number of fused-ring (bicyclic) bond motifs is 1. The summed E-state index contributed by atoms with van der Waals surface area (Å²) in [6, 6.07) is 0. The van der Waals surface area contributed by atoms with Crippen LogP contribution in [0.25, 0.3) is 0 Å². The van der Waals surface area contributed by atoms with Crippen molar-refractivity contribution < 1.29 is 29.6 Å². The van der Waals surface area contributed by atoms with Gasteiger partial charge in [-0.05, 0) is 68.8 Å². The van der Waals surface area contributed by atoms with E-state index in [2.05, 4.69) is 32.1 Å². The number of hydrogen-bond donors (Lipinski definition) is 3. The van der Waals surface area contributed by atoms with Crippen LogP contribution in [0, 0.1) is 29.1 Å². The zero-order valence-electron chi connectivity index (χ0n) is 18.3. The van der Waals surface area contributed by atoms with E-state index in [1.165, 1.54) is 5.57 Å². The molecule has 0 saturated heterocycles. The predicted octanol–water partition coefficient (Wildman–Crippen LogP) is 3.47. The summed E-state index contributed by atoms with van der Waals surface area (Å²) in [6.45, 7) is 6.28. The number of esters is 1. The van der Waals surface area contributed by atoms with Crippen molar-refractivity contribution in [2.24, 2.45) is 29.1 Å². The van der Waals surface area contributed by atoms with Gasteiger partial charge in [0.2, 0.25) is 0 Å². The van der Waals surface area contributed by atoms with Crippen LogP contribution in [0.15, 0.2) is 23.8 Å². The van der Waals surface area contributed by atoms with Crippen LogP contribution in [0.5, 0.6) is 0 Å². The number of carboxylic acid groups (broad SMARTS) is 1. The minimum atomic E-state index is -1.07. The highest BCUT2D eigenvalue weighted by Crippen LogP contribution is 2.49. The third-order valence-electron chi connectivity index (χ3n) is 7.13. The summed E-state index contributed by atoms with van der Waals surface area (Å²) < 4.78 is 6.07. The van der Waals surface area contributed by atoms with E-state index in [0.29, 0.717) is 12.3 Å². The molecule has 6 heteroatoms. The first-order valence-electron chi connectivity index (χ1n) is 11.3. The molecule has 0 unspecified atom stereocenters. The average molecular weight is 421 g/mol. The van der Waals surface area contributed by atoms with Crippen molar-refractivity contribution in [3.05, 3.63) is 23.8 Å². The first kappa shape index (κ1) is 23.0. The number of carbonyl (C=O) groups is 2. The second-order valence-corrected chi connectivity index (χ2v) is 10.0. The molecular weight excluding hydrogens is 384 g/mol. The molecule has 0 bridgehead atoms. The fraction of sp³-hybridized carbons (Fsp3) is 0.750. The lowest BCUT2D eigenvalue weighted by Crippen LogP contribution is -2.42. The molecule has 0 aromatic rings. The van der Waals surface area contributed by atoms with Crippen molar-refractivity contribution in [1.29, 1.82) is 0 Å². The normalized spacial score (nSPS) is 33.8. The number of carbonyl (C=O) groups excluding carboxylic acids is 1. The Balaban J connectivity index is 1.67. The summed E-state index contributed by atoms with van der Waals surface area (Å²) in [5.74, 6) is -0.181. The number of allylic oxidation sites excluding steroid dienone is 3. The molecule has 1 saturated carbocycles. The Morgan fingerprint density at radius 2 is 1.93 bits per heavy atom. The molecule has 0 aliphatic heterocycles. The summed E-state index contributed by atoms with van der Waals surface area (Å²) in [7, 11) is 0. The summed E-state index contributed by atoms with van der Waals surface area (Å²) in [6.07, 6.45) is 8.20. The van der Waals surface area contributed by atoms with E-state index in [0.717, 1.165) is 25.7 Å². The number of ether oxygens (including phenoxy) is 1. The molecule has 0 spiro atoms. The van der Waals surface area contributed by atoms with Gasteiger partial charge in [-0.1, -0.05) is 32.1 Å². The van der Waals surface area contributed by atoms with E-state index in [4.69, 9.17) is 9.84 Å². The standard InChI is InChI=1S/C24H36O6/c1-14-10-16-5-4-15(2)19(7-6-17(25)12-18(26)13-21(27)28)22(16)20(11-14)30-23(29)24(3)8-9-24/h4-5,10,14-15,17-20,22,25-26H,6-9,11-13H2,1-3H3,(H,27,28)/t14-,15-,17+,18+,19-,20-,22-/m0/s1. The molecule has 1 fully saturated rings. The highest BCUT2D eigenvalue weighted by Gasteiger charge is 2.49. The average Bonchev–Trinajstić information content (AvgIpc) is 3.39. The number of rotatable bonds is 9. The van der Waals surface area contributed by atoms with E-state index < -0.39 is 18.2 Å². The van der Waals surface area contributed by atoms with Crippen LogP contribution in [0.1, 0.15) is 65.7 Å². The van der Waals surface area contributed by atoms with Crippen LogP contribution in [-0.2, 0) is 14.3 Å². The molecule has 3 aliphatic rings. The number of carboxylic acids is 1. The largest absolute Gasteiger partial charge is 0.481 e. The van der Waals surface area contributed by atoms with Gasteiger partial charge in [-0.15, -0.1) is 0 Å². The minimum Gasteiger partial charge on any atom is -0.481 e. The van der Waals surface area contributed by atoms with Crippen molar-refractivity contribution in [2.45, 2.75) is 84.0 Å². The Labute approximate surface area is 179 Å². The molecule has 3 aliphatic carbocycles. The van der Waals surface area contributed by atoms with Crippen LogP contribution >= 0.6 is 0 Å². The topological polar surface area (TPSA) is 104 Å². The Morgan fingerprint density at radius 1 is 1.23 bits per heavy atom. The van der Waals surface area contributed by atoms with Gasteiger partial charge in [0.25, 0.3) is 0 Å². The third kappa shape index (κ3) is 5.52. The Hall–Kier alpha value is -1.66. The van der Waals surface area contributed by atoms with Gasteiger partial charge in [0.05, 0.1) is 24.0 Å². The lowest BCUT2D eigenvalue weighted by molar-refractivity contribution is -0.160. The summed E-state index contributed by atoms with van der Waals surface area (Å²) in [5, 5.41) is 28.9. The fourth-order valence-electron chi connectivity index (χ4n) is 4.99. The highest BCUT2D eigenvalue weighted by molar-refractivity contribution is 5.79. The molecule has 0 heterocycles. The maximum atomic E-state index is 12.7. The number of aliphatic hydroxyl groups excluding tert-OH is 2. The third-order valence-corrected chi connectivity index (χ3v) is 7.13. The summed E-state index contributed by atoms with van der Waals surface area (Å²) in [5.41, 5.74) is 0.906. The number of hydrogen-bond acceptors (Lipinski definition) is 5. The molecule has 7 atom stereocenters. The van der Waals surface area contributed by atoms with Crippen molar-refractivity contribution in [1.82, 2.24) is 0 Å². The van der Waals surface area contributed by atoms with Crippen LogP contribution in [0.3, 0.4) is 0 Å². The Morgan fingerprint density at radius 3 is 2.57 bits per heavy atom. The number of aliphatic hydroxyl groups is 2. The SMILES string of the molecule is C[C@H]1C=C2C=C[C@H](C)[C@H](CC[C@@H](O)C[C@@H](O)CC(=O)O)[C@H]2[C@@H](OC(=O)C2(C)CC2)C1. The summed E-state index contributed by atoms with van der Waals surface area (Å²) >= 11 is 0. The first-order valence-corrected chi connectivity index (χ1v) is 11.3. The smallest absolute Gasteiger partial charge is 0.312 e. The molecule has 168 valence electrons. The monoisotopic (exact) mass is 420 g/mol. The van der Waals surface area contributed by atoms with E-state index in [1.54, 1.807) is 0 Å². The highest BCUT2D eigenvalue weighted by atomic mass is 16.5. The van der Waals surface area contributed by atoms with Gasteiger partial charge in [-0.2, -0.15) is 0 Å². The molecule has 30 heavy (non-hydrogen) atoms. The van der Waals surface area contributed by atoms with Gasteiger partial charge in [-0.3, -0.25) is 9.59 Å². The van der Waals surface area contributed by atoms with Crippen molar-refractivity contribution in [3.8, 4) is 0 Å². The molecule has 0 aromatic carbocycles. The first-order chi connectivity index (χ1) is 14.1. The molecular formula is C24H36O6. The second kappa shape index (κ2) is 9.23. The maximum absolute atomic E-state index is 12.7. The van der Waals surface area contributed by atoms with Gasteiger partial charge in [-0.25, -0.2) is 0 Å². The molecule has 0 radical (unpaired) electrons. The van der Waals surface area contributed by atoms with Crippen LogP contribution in [-0.4, -0.2) is 45.6 Å². The molecule has 0 amide bonds. The van der Waals surface area contributed by atoms with Gasteiger partial charge >= 0.3 is 11.9 Å². The number of aliphatic carboxylic acids is 1. The van der Waals surface area contributed by atoms with Crippen molar-refractivity contribution in [3.63, 3.8) is 0 Å². The Bertz CT molecular complexity index is 706. The van der Waals surface area contributed by atoms with Crippen LogP contribution in [0.4, 0.5) is 0 Å². The van der Waals surface area contributed by atoms with E-state index >= 15 is 0 Å². The molecule has 6 nitrogen and oxygen atoms in total. The maximum Gasteiger partial charge on any atom is 0.312 e. The molecule has 3 rings (SSSR count). The quantitative estimate of drug-likeness (QED) is 0.494. The zero-order chi connectivity index (χ0) is 22.1. The summed E-state index contributed by atoms with van der Waals surface area (Å²) in [4.78, 5) is 23.4. The van der Waals surface area contributed by atoms with Crippen molar-refractivity contribution >= 4 is 11.9 Å². The lowest BCUT2D eigenvalue weighted by Gasteiger charge is -2.43. The fourth-order valence-corrected chi connectivity index (χ4v) is 4.99. The van der Waals surface area contributed by atoms with Gasteiger partial charge in [0, 0.05) is 5.92 Å². The second-order valence-electron chi connectivity index (χ2n) is 10.0. The Kier molecular flexibility index (Phi) is 7.08. The minimum absolute atomic E-state index is 0.0599. The zero-order valence-corrected chi connectivity index (χ0v) is 18.3. The lowest BCUT2D eigenvalue weighted by atomic mass is 9.65. The van der Waals surface area contributed by atoms with E-state index in [9.17, 15) is 19.8 Å². The van der Waals surface area contributed by atoms with E-state index in [-0.39, 0.29) is 48.1 Å².